The second-order valence-electron chi connectivity index (χ2n) is 12.3. The van der Waals surface area contributed by atoms with Gasteiger partial charge in [0.25, 0.3) is 0 Å². The van der Waals surface area contributed by atoms with E-state index in [0.717, 1.165) is 11.4 Å². The molecule has 0 fully saturated rings. The molecule has 46 heavy (non-hydrogen) atoms. The third-order valence-corrected chi connectivity index (χ3v) is 12.1. The fourth-order valence-electron chi connectivity index (χ4n) is 7.12. The minimum Gasteiger partial charge on any atom is -0.310 e. The maximum absolute atomic E-state index is 2.40. The Labute approximate surface area is 278 Å². The van der Waals surface area contributed by atoms with E-state index in [1.54, 1.807) is 0 Å². The smallest absolute Gasteiger partial charge is 0.0465 e. The van der Waals surface area contributed by atoms with E-state index in [4.69, 9.17) is 0 Å². The predicted octanol–water partition coefficient (Wildman–Crippen LogP) is 12.9. The van der Waals surface area contributed by atoms with Crippen molar-refractivity contribution in [3.05, 3.63) is 169 Å². The normalized spacial score (nSPS) is 18.2. The maximum Gasteiger partial charge on any atom is 0.0465 e. The number of hydrogen-bond donors (Lipinski definition) is 0. The Kier molecular flexibility index (Phi) is 6.52. The van der Waals surface area contributed by atoms with Crippen molar-refractivity contribution in [2.75, 3.05) is 4.90 Å². The van der Waals surface area contributed by atoms with Gasteiger partial charge in [-0.1, -0.05) is 115 Å². The highest BCUT2D eigenvalue weighted by Gasteiger charge is 2.41. The predicted molar refractivity (Wildman–Crippen MR) is 200 cm³/mol. The van der Waals surface area contributed by atoms with Gasteiger partial charge in [0.2, 0.25) is 0 Å². The Balaban J connectivity index is 1.05. The van der Waals surface area contributed by atoms with Gasteiger partial charge in [-0.2, -0.15) is 0 Å². The number of fused-ring (bicyclic) bond motifs is 6. The summed E-state index contributed by atoms with van der Waals surface area (Å²) in [4.78, 5) is 3.75. The van der Waals surface area contributed by atoms with E-state index in [1.807, 2.05) is 23.1 Å². The van der Waals surface area contributed by atoms with Gasteiger partial charge in [0.1, 0.15) is 0 Å². The number of rotatable bonds is 5. The first-order chi connectivity index (χ1) is 22.6. The van der Waals surface area contributed by atoms with Gasteiger partial charge in [0.05, 0.1) is 0 Å². The quantitative estimate of drug-likeness (QED) is 0.187. The summed E-state index contributed by atoms with van der Waals surface area (Å²) in [6.45, 7) is 2.35. The van der Waals surface area contributed by atoms with Crippen LogP contribution in [0.4, 0.5) is 17.1 Å². The first-order valence-corrected chi connectivity index (χ1v) is 17.4. The average molecular weight is 626 g/mol. The summed E-state index contributed by atoms with van der Waals surface area (Å²) in [7, 11) is 0. The molecule has 9 rings (SSSR count). The molecule has 0 bridgehead atoms. The summed E-state index contributed by atoms with van der Waals surface area (Å²) < 4.78 is 2.77. The molecule has 0 saturated carbocycles. The third kappa shape index (κ3) is 4.54. The molecule has 220 valence electrons. The zero-order chi connectivity index (χ0) is 30.7. The van der Waals surface area contributed by atoms with Crippen molar-refractivity contribution < 1.29 is 0 Å². The first-order valence-electron chi connectivity index (χ1n) is 15.8. The summed E-state index contributed by atoms with van der Waals surface area (Å²) in [5, 5.41) is 2.68. The second-order valence-corrected chi connectivity index (χ2v) is 14.9. The molecule has 2 unspecified atom stereocenters. The highest BCUT2D eigenvalue weighted by Crippen LogP contribution is 2.56. The van der Waals surface area contributed by atoms with E-state index < -0.39 is 0 Å². The van der Waals surface area contributed by atoms with Crippen LogP contribution in [0.2, 0.25) is 0 Å². The molecule has 1 aliphatic carbocycles. The van der Waals surface area contributed by atoms with Crippen molar-refractivity contribution in [2.24, 2.45) is 0 Å². The zero-order valence-electron chi connectivity index (χ0n) is 25.4. The average Bonchev–Trinajstić information content (AvgIpc) is 3.64. The van der Waals surface area contributed by atoms with Crippen LogP contribution in [-0.4, -0.2) is 4.75 Å². The van der Waals surface area contributed by atoms with Crippen molar-refractivity contribution in [3.63, 3.8) is 0 Å². The van der Waals surface area contributed by atoms with Crippen LogP contribution in [0.25, 0.3) is 42.4 Å². The number of allylic oxidation sites excluding steroid dienone is 3. The molecule has 3 heteroatoms. The van der Waals surface area contributed by atoms with Gasteiger partial charge in [-0.25, -0.2) is 0 Å². The number of thioether (sulfide) groups is 1. The van der Waals surface area contributed by atoms with E-state index in [0.29, 0.717) is 5.92 Å². The van der Waals surface area contributed by atoms with Crippen LogP contribution in [0.5, 0.6) is 0 Å². The monoisotopic (exact) mass is 625 g/mol. The Bertz CT molecular complexity index is 2290. The van der Waals surface area contributed by atoms with Crippen LogP contribution in [-0.2, 0) is 0 Å². The molecular formula is C43H31NS2. The lowest BCUT2D eigenvalue weighted by Gasteiger charge is -2.28. The molecular weight excluding hydrogens is 595 g/mol. The standard InChI is InChI=1S/C43H31NS2/c1-43-27-8-7-15-39(43)38-28-34(25-26-41(38)46-43)44(32-10-3-2-4-11-32)33-23-21-30(22-24-33)29-17-19-31(20-18-29)35-13-9-14-37-36-12-5-6-16-40(36)45-42(35)37/h2-28,39H,1H3. The zero-order valence-corrected chi connectivity index (χ0v) is 27.1. The van der Waals surface area contributed by atoms with Crippen LogP contribution < -0.4 is 4.90 Å². The number of anilines is 3. The Morgan fingerprint density at radius 3 is 2.09 bits per heavy atom. The van der Waals surface area contributed by atoms with Crippen LogP contribution in [0.3, 0.4) is 0 Å². The van der Waals surface area contributed by atoms with Crippen molar-refractivity contribution in [1.82, 2.24) is 0 Å². The molecule has 1 aromatic heterocycles. The number of benzene rings is 6. The van der Waals surface area contributed by atoms with Gasteiger partial charge in [-0.05, 0) is 83.3 Å². The fourth-order valence-corrected chi connectivity index (χ4v) is 9.75. The Morgan fingerprint density at radius 2 is 1.26 bits per heavy atom. The van der Waals surface area contributed by atoms with Crippen molar-refractivity contribution in [2.45, 2.75) is 22.5 Å². The molecule has 0 saturated heterocycles. The Morgan fingerprint density at radius 1 is 0.587 bits per heavy atom. The molecule has 2 aliphatic rings. The highest BCUT2D eigenvalue weighted by molar-refractivity contribution is 8.01. The third-order valence-electron chi connectivity index (χ3n) is 9.45. The van der Waals surface area contributed by atoms with Gasteiger partial charge < -0.3 is 4.90 Å². The molecule has 6 aromatic carbocycles. The summed E-state index contributed by atoms with van der Waals surface area (Å²) in [6.07, 6.45) is 9.10. The number of para-hydroxylation sites is 1. The number of thiophene rings is 1. The lowest BCUT2D eigenvalue weighted by Crippen LogP contribution is -2.22. The van der Waals surface area contributed by atoms with E-state index in [9.17, 15) is 0 Å². The number of hydrogen-bond acceptors (Lipinski definition) is 3. The van der Waals surface area contributed by atoms with Gasteiger partial charge in [-0.15, -0.1) is 23.1 Å². The maximum atomic E-state index is 2.40. The Hall–Kier alpha value is -4.83. The van der Waals surface area contributed by atoms with E-state index in [2.05, 4.69) is 176 Å². The molecule has 2 heterocycles. The van der Waals surface area contributed by atoms with E-state index >= 15 is 0 Å². The van der Waals surface area contributed by atoms with Gasteiger partial charge in [0.15, 0.2) is 0 Å². The SMILES string of the molecule is CC12C=CC=CC1c1cc(N(c3ccccc3)c3ccc(-c4ccc(-c5cccc6c5sc5ccccc56)cc4)cc3)ccc1S2. The van der Waals surface area contributed by atoms with E-state index in [-0.39, 0.29) is 4.75 Å². The molecule has 0 amide bonds. The number of nitrogens with zero attached hydrogens (tertiary/aromatic N) is 1. The van der Waals surface area contributed by atoms with Crippen LogP contribution in [0, 0.1) is 0 Å². The molecule has 7 aromatic rings. The fraction of sp³-hybridized carbons (Fsp3) is 0.0698. The van der Waals surface area contributed by atoms with Crippen LogP contribution in [0.15, 0.2) is 169 Å². The summed E-state index contributed by atoms with van der Waals surface area (Å²) >= 11 is 3.86. The van der Waals surface area contributed by atoms with Crippen LogP contribution >= 0.6 is 23.1 Å². The van der Waals surface area contributed by atoms with Gasteiger partial charge in [0, 0.05) is 52.8 Å². The molecule has 0 N–H and O–H groups in total. The summed E-state index contributed by atoms with van der Waals surface area (Å²) in [5.41, 5.74) is 9.88. The lowest BCUT2D eigenvalue weighted by molar-refractivity contribution is 0.702. The minimum absolute atomic E-state index is 0.0782. The lowest BCUT2D eigenvalue weighted by atomic mass is 9.84. The topological polar surface area (TPSA) is 3.24 Å². The summed E-state index contributed by atoms with van der Waals surface area (Å²) in [6, 6.07) is 51.1. The van der Waals surface area contributed by atoms with Crippen molar-refractivity contribution in [1.29, 1.82) is 0 Å². The molecule has 1 aliphatic heterocycles. The van der Waals surface area contributed by atoms with Gasteiger partial charge >= 0.3 is 0 Å². The molecule has 1 nitrogen and oxygen atoms in total. The molecule has 0 spiro atoms. The second kappa shape index (κ2) is 10.9. The largest absolute Gasteiger partial charge is 0.310 e. The van der Waals surface area contributed by atoms with Gasteiger partial charge in [-0.3, -0.25) is 0 Å². The van der Waals surface area contributed by atoms with Crippen LogP contribution in [0.1, 0.15) is 18.4 Å². The first kappa shape index (κ1) is 27.5. The van der Waals surface area contributed by atoms with Crippen molar-refractivity contribution >= 4 is 60.3 Å². The minimum atomic E-state index is 0.0782. The molecule has 0 radical (unpaired) electrons. The summed E-state index contributed by atoms with van der Waals surface area (Å²) in [5.74, 6) is 0.381. The molecule has 2 atom stereocenters. The highest BCUT2D eigenvalue weighted by atomic mass is 32.2. The van der Waals surface area contributed by atoms with E-state index in [1.165, 1.54) is 58.6 Å². The van der Waals surface area contributed by atoms with Crippen molar-refractivity contribution in [3.8, 4) is 22.3 Å².